The number of carbonyl (C=O) groups excluding carboxylic acids is 1. The smallest absolute Gasteiger partial charge is 0.454 e. The summed E-state index contributed by atoms with van der Waals surface area (Å²) in [4.78, 5) is 24.1. The highest BCUT2D eigenvalue weighted by molar-refractivity contribution is 5.89. The van der Waals surface area contributed by atoms with Gasteiger partial charge >= 0.3 is 6.16 Å². The lowest BCUT2D eigenvalue weighted by molar-refractivity contribution is 0.104. The summed E-state index contributed by atoms with van der Waals surface area (Å²) in [5.41, 5.74) is -1.24. The summed E-state index contributed by atoms with van der Waals surface area (Å²) in [6.07, 6.45) is 1.69. The molecule has 3 rings (SSSR count). The topological polar surface area (TPSA) is 66.8 Å². The summed E-state index contributed by atoms with van der Waals surface area (Å²) in [5, 5.41) is -0.176. The van der Waals surface area contributed by atoms with Crippen LogP contribution in [0.4, 0.5) is 13.6 Å². The molecule has 26 heavy (non-hydrogen) atoms. The summed E-state index contributed by atoms with van der Waals surface area (Å²) in [7, 11) is 0. The average Bonchev–Trinajstić information content (AvgIpc) is 2.55. The van der Waals surface area contributed by atoms with Gasteiger partial charge in [0.25, 0.3) is 0 Å². The van der Waals surface area contributed by atoms with Crippen molar-refractivity contribution in [3.8, 4) is 11.5 Å². The second-order valence-electron chi connectivity index (χ2n) is 6.76. The van der Waals surface area contributed by atoms with Gasteiger partial charge in [-0.25, -0.2) is 9.18 Å². The number of hydrogen-bond donors (Lipinski definition) is 0. The first-order chi connectivity index (χ1) is 12.1. The molecule has 0 unspecified atom stereocenters. The van der Waals surface area contributed by atoms with Crippen molar-refractivity contribution < 1.29 is 27.8 Å². The monoisotopic (exact) mass is 365 g/mol. The van der Waals surface area contributed by atoms with Gasteiger partial charge in [0, 0.05) is 11.6 Å². The second-order valence-corrected chi connectivity index (χ2v) is 6.76. The molecule has 2 aromatic rings. The van der Waals surface area contributed by atoms with Crippen molar-refractivity contribution in [1.29, 1.82) is 0 Å². The van der Waals surface area contributed by atoms with Crippen molar-refractivity contribution in [2.75, 3.05) is 6.61 Å². The molecular formula is C18H17F2NO5. The number of halogens is 2. The van der Waals surface area contributed by atoms with Crippen molar-refractivity contribution in [3.63, 3.8) is 0 Å². The summed E-state index contributed by atoms with van der Waals surface area (Å²) in [6, 6.07) is 0.754. The Labute approximate surface area is 147 Å². The molecular weight excluding hydrogens is 348 g/mol. The molecule has 0 radical (unpaired) electrons. The molecule has 0 bridgehead atoms. The quantitative estimate of drug-likeness (QED) is 0.751. The van der Waals surface area contributed by atoms with E-state index in [1.54, 1.807) is 6.92 Å². The Bertz CT molecular complexity index is 1000. The van der Waals surface area contributed by atoms with E-state index in [4.69, 9.17) is 9.47 Å². The molecule has 0 saturated heterocycles. The molecule has 0 amide bonds. The van der Waals surface area contributed by atoms with Gasteiger partial charge in [-0.15, -0.1) is 0 Å². The molecule has 0 spiro atoms. The molecule has 6 nitrogen and oxygen atoms in total. The SMILES string of the molecule is CCOC(=O)Oc1cn2c3c(c(F)c(F)cc3c1=O)OC(C(C)(C)C)=C2. The van der Waals surface area contributed by atoms with Crippen LogP contribution in [0.2, 0.25) is 0 Å². The maximum atomic E-state index is 14.3. The first-order valence-corrected chi connectivity index (χ1v) is 7.95. The van der Waals surface area contributed by atoms with E-state index >= 15 is 0 Å². The van der Waals surface area contributed by atoms with Crippen LogP contribution in [0.1, 0.15) is 27.7 Å². The molecule has 1 aromatic heterocycles. The zero-order valence-electron chi connectivity index (χ0n) is 14.7. The lowest BCUT2D eigenvalue weighted by atomic mass is 9.93. The molecule has 0 saturated carbocycles. The third-order valence-electron chi connectivity index (χ3n) is 3.80. The van der Waals surface area contributed by atoms with Crippen LogP contribution in [0.25, 0.3) is 17.1 Å². The fourth-order valence-corrected chi connectivity index (χ4v) is 2.52. The van der Waals surface area contributed by atoms with Crippen LogP contribution in [0, 0.1) is 17.0 Å². The first kappa shape index (κ1) is 17.9. The molecule has 0 N–H and O–H groups in total. The fraction of sp³-hybridized carbons (Fsp3) is 0.333. The fourth-order valence-electron chi connectivity index (χ4n) is 2.52. The van der Waals surface area contributed by atoms with Gasteiger partial charge in [-0.05, 0) is 13.0 Å². The van der Waals surface area contributed by atoms with Crippen molar-refractivity contribution in [3.05, 3.63) is 39.9 Å². The Kier molecular flexibility index (Phi) is 4.21. The average molecular weight is 365 g/mol. The van der Waals surface area contributed by atoms with Crippen LogP contribution >= 0.6 is 0 Å². The Hall–Kier alpha value is -2.90. The Balaban J connectivity index is 2.30. The van der Waals surface area contributed by atoms with E-state index in [2.05, 4.69) is 4.74 Å². The van der Waals surface area contributed by atoms with Crippen LogP contribution in [-0.4, -0.2) is 17.3 Å². The highest BCUT2D eigenvalue weighted by atomic mass is 19.2. The largest absolute Gasteiger partial charge is 0.514 e. The van der Waals surface area contributed by atoms with Crippen LogP contribution < -0.4 is 14.9 Å². The van der Waals surface area contributed by atoms with Gasteiger partial charge in [0.1, 0.15) is 11.3 Å². The highest BCUT2D eigenvalue weighted by Crippen LogP contribution is 2.39. The van der Waals surface area contributed by atoms with Crippen molar-refractivity contribution >= 4 is 23.3 Å². The van der Waals surface area contributed by atoms with Crippen LogP contribution in [0.15, 0.2) is 22.8 Å². The van der Waals surface area contributed by atoms with E-state index in [1.165, 1.54) is 17.0 Å². The zero-order valence-corrected chi connectivity index (χ0v) is 14.7. The normalized spacial score (nSPS) is 13.2. The standard InChI is InChI=1S/C18H17F2NO5/c1-5-24-17(23)25-11-7-21-8-12(18(2,3)4)26-16-13(20)10(19)6-9(14(16)21)15(11)22/h6-8H,5H2,1-4H3. The summed E-state index contributed by atoms with van der Waals surface area (Å²) >= 11 is 0. The first-order valence-electron chi connectivity index (χ1n) is 7.95. The van der Waals surface area contributed by atoms with Gasteiger partial charge in [-0.3, -0.25) is 4.79 Å². The third kappa shape index (κ3) is 2.91. The zero-order chi connectivity index (χ0) is 19.2. The van der Waals surface area contributed by atoms with Gasteiger partial charge in [-0.1, -0.05) is 20.8 Å². The van der Waals surface area contributed by atoms with Gasteiger partial charge in [0.15, 0.2) is 17.3 Å². The van der Waals surface area contributed by atoms with E-state index in [1.807, 2.05) is 20.8 Å². The summed E-state index contributed by atoms with van der Waals surface area (Å²) in [5.74, 6) is -2.83. The Morgan fingerprint density at radius 1 is 1.31 bits per heavy atom. The van der Waals surface area contributed by atoms with Gasteiger partial charge in [0.05, 0.1) is 18.2 Å². The van der Waals surface area contributed by atoms with Gasteiger partial charge < -0.3 is 18.8 Å². The number of nitrogens with zero attached hydrogens (tertiary/aromatic N) is 1. The maximum absolute atomic E-state index is 14.3. The van der Waals surface area contributed by atoms with E-state index < -0.39 is 28.6 Å². The number of aromatic nitrogens is 1. The Morgan fingerprint density at radius 2 is 2.00 bits per heavy atom. The van der Waals surface area contributed by atoms with Crippen LogP contribution in [-0.2, 0) is 4.74 Å². The molecule has 0 atom stereocenters. The maximum Gasteiger partial charge on any atom is 0.514 e. The summed E-state index contributed by atoms with van der Waals surface area (Å²) < 4.78 is 44.8. The predicted octanol–water partition coefficient (Wildman–Crippen LogP) is 4.05. The van der Waals surface area contributed by atoms with Crippen molar-refractivity contribution in [2.45, 2.75) is 27.7 Å². The minimum absolute atomic E-state index is 0.0538. The lowest BCUT2D eigenvalue weighted by Gasteiger charge is -2.28. The molecule has 0 aliphatic carbocycles. The number of pyridine rings is 1. The molecule has 138 valence electrons. The molecule has 1 aromatic carbocycles. The number of allylic oxidation sites excluding steroid dienone is 1. The summed E-state index contributed by atoms with van der Waals surface area (Å²) in [6.45, 7) is 7.13. The number of hydrogen-bond acceptors (Lipinski definition) is 5. The molecule has 0 fully saturated rings. The van der Waals surface area contributed by atoms with Crippen LogP contribution in [0.5, 0.6) is 11.5 Å². The number of rotatable bonds is 2. The Morgan fingerprint density at radius 3 is 2.62 bits per heavy atom. The molecule has 8 heteroatoms. The molecule has 2 heterocycles. The highest BCUT2D eigenvalue weighted by Gasteiger charge is 2.30. The predicted molar refractivity (Wildman–Crippen MR) is 90.1 cm³/mol. The van der Waals surface area contributed by atoms with E-state index in [-0.39, 0.29) is 29.0 Å². The van der Waals surface area contributed by atoms with Gasteiger partial charge in [-0.2, -0.15) is 4.39 Å². The number of benzene rings is 1. The number of ether oxygens (including phenoxy) is 3. The lowest BCUT2D eigenvalue weighted by Crippen LogP contribution is -2.23. The van der Waals surface area contributed by atoms with Crippen molar-refractivity contribution in [1.82, 2.24) is 4.57 Å². The van der Waals surface area contributed by atoms with Gasteiger partial charge in [0.2, 0.25) is 11.2 Å². The van der Waals surface area contributed by atoms with E-state index in [9.17, 15) is 18.4 Å². The number of carbonyl (C=O) groups is 1. The second kappa shape index (κ2) is 6.12. The minimum atomic E-state index is -1.24. The minimum Gasteiger partial charge on any atom is -0.454 e. The van der Waals surface area contributed by atoms with E-state index in [0.29, 0.717) is 5.76 Å². The van der Waals surface area contributed by atoms with E-state index in [0.717, 1.165) is 6.07 Å². The van der Waals surface area contributed by atoms with Crippen molar-refractivity contribution in [2.24, 2.45) is 5.41 Å². The molecule has 1 aliphatic rings. The third-order valence-corrected chi connectivity index (χ3v) is 3.80. The van der Waals surface area contributed by atoms with Crippen LogP contribution in [0.3, 0.4) is 0 Å². The molecule has 1 aliphatic heterocycles.